The molecular weight excluding hydrogens is 787 g/mol. The molecule has 5 aromatic carbocycles. The average Bonchev–Trinajstić information content (AvgIpc) is 3.80. The summed E-state index contributed by atoms with van der Waals surface area (Å²) in [5.41, 5.74) is 10.5. The van der Waals surface area contributed by atoms with Gasteiger partial charge in [0.2, 0.25) is 11.8 Å². The van der Waals surface area contributed by atoms with Crippen molar-refractivity contribution in [2.45, 2.75) is 58.3 Å². The van der Waals surface area contributed by atoms with Crippen LogP contribution in [0.15, 0.2) is 91.0 Å². The van der Waals surface area contributed by atoms with E-state index in [1.165, 1.54) is 22.9 Å². The van der Waals surface area contributed by atoms with Crippen molar-refractivity contribution >= 4 is 52.8 Å². The van der Waals surface area contributed by atoms with E-state index in [0.29, 0.717) is 58.6 Å². The van der Waals surface area contributed by atoms with Gasteiger partial charge in [-0.1, -0.05) is 48.5 Å². The lowest BCUT2D eigenvalue weighted by Gasteiger charge is -2.33. The van der Waals surface area contributed by atoms with Crippen molar-refractivity contribution in [1.82, 2.24) is 9.80 Å². The first-order valence-electron chi connectivity index (χ1n) is 20.5. The predicted octanol–water partition coefficient (Wildman–Crippen LogP) is 7.96. The smallest absolute Gasteiger partial charge is 0.256 e. The molecule has 0 N–H and O–H groups in total. The first-order valence-corrected chi connectivity index (χ1v) is 21.9. The largest absolute Gasteiger partial charge is 0.493 e. The molecule has 4 heterocycles. The van der Waals surface area contributed by atoms with Crippen LogP contribution in [0.5, 0.6) is 17.2 Å². The summed E-state index contributed by atoms with van der Waals surface area (Å²) in [4.78, 5) is 49.0. The Balaban J connectivity index is 0.991. The number of hydrogen-bond donors (Lipinski definition) is 0. The number of rotatable bonds is 10. The molecule has 5 aromatic rings. The maximum absolute atomic E-state index is 14.1. The van der Waals surface area contributed by atoms with Crippen LogP contribution in [0.3, 0.4) is 0 Å². The second-order valence-electron chi connectivity index (χ2n) is 16.3. The molecule has 312 valence electrons. The Kier molecular flexibility index (Phi) is 10.5. The van der Waals surface area contributed by atoms with E-state index >= 15 is 0 Å². The summed E-state index contributed by atoms with van der Waals surface area (Å²) < 4.78 is 20.8. The molecule has 61 heavy (non-hydrogen) atoms. The van der Waals surface area contributed by atoms with Crippen LogP contribution >= 0.6 is 11.8 Å². The summed E-state index contributed by atoms with van der Waals surface area (Å²) >= 11 is 1.47. The normalized spacial score (nSPS) is 18.5. The van der Waals surface area contributed by atoms with E-state index < -0.39 is 0 Å². The number of hydrogen-bond acceptors (Lipinski definition) is 8. The molecular formula is C49H49N5O6S. The molecule has 0 fully saturated rings. The van der Waals surface area contributed by atoms with Gasteiger partial charge in [-0.05, 0) is 95.4 Å². The monoisotopic (exact) mass is 835 g/mol. The van der Waals surface area contributed by atoms with Crippen LogP contribution in [0.1, 0.15) is 78.7 Å². The number of thioether (sulfide) groups is 1. The molecule has 0 saturated carbocycles. The number of likely N-dealkylation sites (N-methyl/N-ethyl adjacent to an activating group) is 1. The van der Waals surface area contributed by atoms with E-state index in [9.17, 15) is 14.4 Å². The minimum absolute atomic E-state index is 0.0177. The summed E-state index contributed by atoms with van der Waals surface area (Å²) in [5, 5.41) is 0. The maximum atomic E-state index is 14.1. The molecule has 3 atom stereocenters. The Hall–Kier alpha value is -6.27. The molecule has 1 unspecified atom stereocenters. The topological polar surface area (TPSA) is 94.9 Å². The van der Waals surface area contributed by atoms with Crippen LogP contribution in [0.25, 0.3) is 0 Å². The number of anilines is 2. The zero-order chi connectivity index (χ0) is 42.7. The van der Waals surface area contributed by atoms with Gasteiger partial charge in [0.05, 0.1) is 54.1 Å². The number of amides is 3. The average molecular weight is 836 g/mol. The summed E-state index contributed by atoms with van der Waals surface area (Å²) in [7, 11) is 7.28. The minimum Gasteiger partial charge on any atom is -0.493 e. The molecule has 0 spiro atoms. The highest BCUT2D eigenvalue weighted by Gasteiger charge is 2.43. The quantitative estimate of drug-likeness (QED) is 0.103. The summed E-state index contributed by atoms with van der Waals surface area (Å²) in [6, 6.07) is 29.5. The summed E-state index contributed by atoms with van der Waals surface area (Å²) in [6.07, 6.45) is 5.42. The lowest BCUT2D eigenvalue weighted by molar-refractivity contribution is -0.401. The van der Waals surface area contributed by atoms with Crippen LogP contribution in [0.4, 0.5) is 17.1 Å². The van der Waals surface area contributed by atoms with Gasteiger partial charge in [-0.3, -0.25) is 14.4 Å². The number of carbonyl (C=O) groups is 3. The highest BCUT2D eigenvalue weighted by molar-refractivity contribution is 7.99. The van der Waals surface area contributed by atoms with Gasteiger partial charge in [0.25, 0.3) is 5.91 Å². The Morgan fingerprint density at radius 2 is 1.48 bits per heavy atom. The van der Waals surface area contributed by atoms with Crippen LogP contribution in [0, 0.1) is 6.92 Å². The van der Waals surface area contributed by atoms with Gasteiger partial charge in [-0.2, -0.15) is 11.8 Å². The predicted molar refractivity (Wildman–Crippen MR) is 238 cm³/mol. The SMILES string of the molecule is COc1cc2c(cc1OCc1cc(COc3cc4c(cc3C)C(=O)N3Cc5ccccc5[C@H]3C(C)N4C)cc(N(C)C(=O)CSC)c1)[N+](C)=[C-][C@@H]1c3ccccc3CN1C2=O. The number of methoxy groups -OCH3 is 1. The molecule has 4 aliphatic heterocycles. The van der Waals surface area contributed by atoms with Gasteiger partial charge in [-0.15, -0.1) is 0 Å². The van der Waals surface area contributed by atoms with Crippen molar-refractivity contribution in [1.29, 1.82) is 0 Å². The van der Waals surface area contributed by atoms with Crippen molar-refractivity contribution in [3.63, 3.8) is 0 Å². The third-order valence-electron chi connectivity index (χ3n) is 12.6. The second-order valence-corrected chi connectivity index (χ2v) is 17.1. The summed E-state index contributed by atoms with van der Waals surface area (Å²) in [5.74, 6) is 1.80. The van der Waals surface area contributed by atoms with Crippen LogP contribution in [-0.2, 0) is 31.1 Å². The van der Waals surface area contributed by atoms with Crippen LogP contribution < -0.4 is 24.0 Å². The fourth-order valence-corrected chi connectivity index (χ4v) is 9.64. The van der Waals surface area contributed by atoms with Crippen molar-refractivity contribution < 1.29 is 33.2 Å². The Morgan fingerprint density at radius 1 is 0.836 bits per heavy atom. The standard InChI is InChI=1S/C49H49N5O6S/c1-29-16-38-41(51(4)30(2)47-37-15-11-9-13-34(37)24-54(47)49(38)57)22-43(29)59-26-31-17-32(19-35(18-31)52(5)46(55)28-61-7)27-60-45-21-40-39(20-44(45)58-6)48(56)53-23-33-12-8-10-14-36(33)42(53)25-50(40)3/h8-22,30,42,47H,23-24,26-28H2,1-7H3/t30?,42-,47-/m1/s1. The third kappa shape index (κ3) is 7.06. The second kappa shape index (κ2) is 16.0. The van der Waals surface area contributed by atoms with Crippen molar-refractivity contribution in [3.05, 3.63) is 141 Å². The molecule has 0 saturated heterocycles. The molecule has 0 aromatic heterocycles. The fourth-order valence-electron chi connectivity index (χ4n) is 9.20. The number of ether oxygens (including phenoxy) is 3. The number of aryl methyl sites for hydroxylation is 1. The highest BCUT2D eigenvalue weighted by atomic mass is 32.2. The van der Waals surface area contributed by atoms with Gasteiger partial charge in [0, 0.05) is 44.5 Å². The highest BCUT2D eigenvalue weighted by Crippen LogP contribution is 2.45. The van der Waals surface area contributed by atoms with E-state index in [1.54, 1.807) is 25.1 Å². The molecule has 9 rings (SSSR count). The van der Waals surface area contributed by atoms with E-state index in [2.05, 4.69) is 42.3 Å². The molecule has 4 aliphatic rings. The first-order chi connectivity index (χ1) is 29.4. The van der Waals surface area contributed by atoms with Crippen LogP contribution in [0.2, 0.25) is 0 Å². The van der Waals surface area contributed by atoms with Gasteiger partial charge >= 0.3 is 0 Å². The third-order valence-corrected chi connectivity index (χ3v) is 13.1. The van der Waals surface area contributed by atoms with Gasteiger partial charge in [-0.25, -0.2) is 0 Å². The lowest BCUT2D eigenvalue weighted by Crippen LogP contribution is -2.39. The zero-order valence-corrected chi connectivity index (χ0v) is 36.3. The fraction of sp³-hybridized carbons (Fsp3) is 0.306. The summed E-state index contributed by atoms with van der Waals surface area (Å²) in [6.45, 7) is 5.60. The molecule has 0 bridgehead atoms. The van der Waals surface area contributed by atoms with E-state index in [1.807, 2.05) is 102 Å². The Labute approximate surface area is 361 Å². The first kappa shape index (κ1) is 40.2. The lowest BCUT2D eigenvalue weighted by atomic mass is 9.99. The zero-order valence-electron chi connectivity index (χ0n) is 35.5. The number of nitrogens with zero attached hydrogens (tertiary/aromatic N) is 5. The Bertz CT molecular complexity index is 2640. The maximum Gasteiger partial charge on any atom is 0.256 e. The molecule has 3 amide bonds. The van der Waals surface area contributed by atoms with Crippen molar-refractivity contribution in [2.24, 2.45) is 0 Å². The van der Waals surface area contributed by atoms with Gasteiger partial charge in [0.1, 0.15) is 31.8 Å². The minimum atomic E-state index is -0.303. The van der Waals surface area contributed by atoms with Crippen molar-refractivity contribution in [3.8, 4) is 17.2 Å². The van der Waals surface area contributed by atoms with Gasteiger partial charge in [0.15, 0.2) is 5.75 Å². The van der Waals surface area contributed by atoms with Gasteiger partial charge < -0.3 is 38.4 Å². The van der Waals surface area contributed by atoms with E-state index in [0.717, 1.165) is 33.5 Å². The Morgan fingerprint density at radius 3 is 2.18 bits per heavy atom. The van der Waals surface area contributed by atoms with Crippen LogP contribution in [-0.4, -0.2) is 84.6 Å². The molecule has 0 aliphatic carbocycles. The molecule has 0 radical (unpaired) electrons. The number of carbonyl (C=O) groups excluding carboxylic acids is 3. The number of benzene rings is 5. The van der Waals surface area contributed by atoms with E-state index in [-0.39, 0.29) is 49.1 Å². The van der Waals surface area contributed by atoms with Crippen molar-refractivity contribution in [2.75, 3.05) is 50.1 Å². The van der Waals surface area contributed by atoms with E-state index in [4.69, 9.17) is 14.2 Å². The molecule has 11 nitrogen and oxygen atoms in total. The number of fused-ring (bicyclic) bond motifs is 8. The molecule has 12 heteroatoms.